The average molecular weight is 404 g/mol. The van der Waals surface area contributed by atoms with Crippen molar-refractivity contribution in [1.82, 2.24) is 4.40 Å². The van der Waals surface area contributed by atoms with Crippen molar-refractivity contribution in [2.24, 2.45) is 0 Å². The molecule has 4 aromatic rings. The van der Waals surface area contributed by atoms with Gasteiger partial charge in [-0.15, -0.1) is 11.3 Å². The quantitative estimate of drug-likeness (QED) is 0.285. The number of benzene rings is 1. The summed E-state index contributed by atoms with van der Waals surface area (Å²) in [5.41, 5.74) is 3.43. The van der Waals surface area contributed by atoms with Gasteiger partial charge in [0.15, 0.2) is 0 Å². The lowest BCUT2D eigenvalue weighted by Gasteiger charge is -2.06. The van der Waals surface area contributed by atoms with Crippen molar-refractivity contribution < 1.29 is 19.1 Å². The molecule has 3 heterocycles. The topological polar surface area (TPSA) is 76.9 Å². The van der Waals surface area contributed by atoms with E-state index in [2.05, 4.69) is 5.32 Å². The maximum absolute atomic E-state index is 13.1. The van der Waals surface area contributed by atoms with Gasteiger partial charge in [0.1, 0.15) is 12.3 Å². The summed E-state index contributed by atoms with van der Waals surface area (Å²) in [6, 6.07) is 18.6. The van der Waals surface area contributed by atoms with Gasteiger partial charge >= 0.3 is 0 Å². The van der Waals surface area contributed by atoms with Crippen molar-refractivity contribution >= 4 is 40.0 Å². The number of carbonyl (C=O) groups is 3. The van der Waals surface area contributed by atoms with E-state index in [9.17, 15) is 14.4 Å². The van der Waals surface area contributed by atoms with Gasteiger partial charge in [0, 0.05) is 22.8 Å². The first-order valence-electron chi connectivity index (χ1n) is 8.81. The van der Waals surface area contributed by atoms with E-state index in [0.717, 1.165) is 16.6 Å². The summed E-state index contributed by atoms with van der Waals surface area (Å²) in [5, 5.41) is 4.91. The molecule has 144 valence electrons. The number of nitrogens with one attached hydrogen (secondary N) is 1. The molecule has 0 fully saturated rings. The fourth-order valence-corrected chi connectivity index (χ4v) is 3.90. The van der Waals surface area contributed by atoms with Crippen LogP contribution >= 0.6 is 11.3 Å². The van der Waals surface area contributed by atoms with Gasteiger partial charge < -0.3 is 14.5 Å². The van der Waals surface area contributed by atoms with Crippen molar-refractivity contribution in [3.8, 4) is 11.1 Å². The first kappa shape index (κ1) is 18.6. The summed E-state index contributed by atoms with van der Waals surface area (Å²) in [5.74, 6) is -1.36. The van der Waals surface area contributed by atoms with Crippen molar-refractivity contribution in [2.45, 2.75) is 6.61 Å². The number of nitrogens with zero attached hydrogens (tertiary/aromatic N) is 1. The lowest BCUT2D eigenvalue weighted by Crippen LogP contribution is -2.24. The van der Waals surface area contributed by atoms with Gasteiger partial charge in [-0.05, 0) is 35.2 Å². The molecule has 3 aromatic heterocycles. The number of anilines is 1. The first-order valence-corrected chi connectivity index (χ1v) is 9.69. The number of hydrogen-bond donors (Lipinski definition) is 1. The Hall–Kier alpha value is -3.71. The Morgan fingerprint density at radius 1 is 1.07 bits per heavy atom. The zero-order chi connectivity index (χ0) is 20.2. The fourth-order valence-electron chi connectivity index (χ4n) is 3.12. The van der Waals surface area contributed by atoms with E-state index >= 15 is 0 Å². The van der Waals surface area contributed by atoms with Crippen LogP contribution in [0, 0.1) is 0 Å². The van der Waals surface area contributed by atoms with Crippen LogP contribution in [0.25, 0.3) is 16.6 Å². The van der Waals surface area contributed by atoms with Crippen LogP contribution in [0.1, 0.15) is 16.1 Å². The molecule has 0 aliphatic carbocycles. The molecule has 6 nitrogen and oxygen atoms in total. The fraction of sp³-hybridized carbons (Fsp3) is 0.0455. The van der Waals surface area contributed by atoms with Gasteiger partial charge in [-0.3, -0.25) is 14.4 Å². The number of hydrogen-bond acceptors (Lipinski definition) is 5. The van der Waals surface area contributed by atoms with Crippen molar-refractivity contribution in [3.05, 3.63) is 83.5 Å². The molecule has 0 aliphatic heterocycles. The summed E-state index contributed by atoms with van der Waals surface area (Å²) in [7, 11) is 0. The smallest absolute Gasteiger partial charge is 0.299 e. The number of thiophene rings is 1. The van der Waals surface area contributed by atoms with Gasteiger partial charge in [0.25, 0.3) is 18.2 Å². The van der Waals surface area contributed by atoms with Crippen LogP contribution in [-0.2, 0) is 20.9 Å². The first-order chi connectivity index (χ1) is 14.2. The molecule has 4 rings (SSSR count). The predicted octanol–water partition coefficient (Wildman–Crippen LogP) is 4.16. The zero-order valence-corrected chi connectivity index (χ0v) is 16.0. The molecular formula is C22H16N2O4S. The Morgan fingerprint density at radius 2 is 1.86 bits per heavy atom. The molecule has 1 N–H and O–H groups in total. The number of fused-ring (bicyclic) bond motifs is 1. The molecule has 0 aliphatic rings. The van der Waals surface area contributed by atoms with Gasteiger partial charge in [-0.2, -0.15) is 0 Å². The number of ether oxygens (including phenoxy) is 1. The lowest BCUT2D eigenvalue weighted by atomic mass is 10.0. The molecule has 0 unspecified atom stereocenters. The Labute approximate surface area is 170 Å². The van der Waals surface area contributed by atoms with Crippen LogP contribution in [0.3, 0.4) is 0 Å². The monoisotopic (exact) mass is 404 g/mol. The number of aromatic nitrogens is 1. The van der Waals surface area contributed by atoms with Crippen molar-refractivity contribution in [2.75, 3.05) is 5.32 Å². The molecule has 0 spiro atoms. The van der Waals surface area contributed by atoms with Crippen LogP contribution < -0.4 is 5.32 Å². The van der Waals surface area contributed by atoms with Gasteiger partial charge in [0.2, 0.25) is 0 Å². The Kier molecular flexibility index (Phi) is 5.22. The molecular weight excluding hydrogens is 388 g/mol. The van der Waals surface area contributed by atoms with E-state index in [1.165, 1.54) is 11.3 Å². The maximum atomic E-state index is 13.1. The summed E-state index contributed by atoms with van der Waals surface area (Å²) < 4.78 is 6.42. The number of carbonyl (C=O) groups excluding carboxylic acids is 3. The summed E-state index contributed by atoms with van der Waals surface area (Å²) in [6.45, 7) is 0.480. The van der Waals surface area contributed by atoms with Crippen molar-refractivity contribution in [3.63, 3.8) is 0 Å². The van der Waals surface area contributed by atoms with Crippen LogP contribution in [0.15, 0.2) is 72.2 Å². The second-order valence-electron chi connectivity index (χ2n) is 6.28. The summed E-state index contributed by atoms with van der Waals surface area (Å²) >= 11 is 1.26. The van der Waals surface area contributed by atoms with E-state index in [1.54, 1.807) is 22.0 Å². The summed E-state index contributed by atoms with van der Waals surface area (Å²) in [4.78, 5) is 36.1. The Morgan fingerprint density at radius 3 is 2.66 bits per heavy atom. The van der Waals surface area contributed by atoms with Gasteiger partial charge in [-0.1, -0.05) is 36.4 Å². The second kappa shape index (κ2) is 8.12. The summed E-state index contributed by atoms with van der Waals surface area (Å²) in [6.07, 6.45) is 1.77. The van der Waals surface area contributed by atoms with E-state index in [1.807, 2.05) is 54.6 Å². The standard InChI is InChI=1S/C22H16N2O4S/c25-14-28-12-15-10-19(29-13-15)23-22(27)21(26)20-18(16-6-2-1-3-7-16)11-17-8-4-5-9-24(17)20/h1-11,13-14H,12H2,(H,23,27). The molecule has 29 heavy (non-hydrogen) atoms. The van der Waals surface area contributed by atoms with E-state index in [4.69, 9.17) is 4.74 Å². The van der Waals surface area contributed by atoms with Crippen LogP contribution in [0.4, 0.5) is 5.00 Å². The minimum absolute atomic E-state index is 0.116. The van der Waals surface area contributed by atoms with Crippen molar-refractivity contribution in [1.29, 1.82) is 0 Å². The normalized spacial score (nSPS) is 10.6. The van der Waals surface area contributed by atoms with Gasteiger partial charge in [-0.25, -0.2) is 0 Å². The minimum Gasteiger partial charge on any atom is -0.463 e. The zero-order valence-electron chi connectivity index (χ0n) is 15.2. The molecule has 0 saturated heterocycles. The average Bonchev–Trinajstić information content (AvgIpc) is 3.36. The van der Waals surface area contributed by atoms with Crippen LogP contribution in [0.2, 0.25) is 0 Å². The highest BCUT2D eigenvalue weighted by molar-refractivity contribution is 7.14. The molecule has 0 saturated carbocycles. The largest absolute Gasteiger partial charge is 0.463 e. The number of Topliss-reactive ketones (excluding diaryl/α,β-unsaturated/α-hetero) is 1. The number of amides is 1. The molecule has 1 amide bonds. The Bertz CT molecular complexity index is 1190. The highest BCUT2D eigenvalue weighted by atomic mass is 32.1. The maximum Gasteiger partial charge on any atom is 0.299 e. The highest BCUT2D eigenvalue weighted by Crippen LogP contribution is 2.29. The third-order valence-electron chi connectivity index (χ3n) is 4.39. The molecule has 0 bridgehead atoms. The number of ketones is 1. The van der Waals surface area contributed by atoms with Gasteiger partial charge in [0.05, 0.1) is 5.00 Å². The van der Waals surface area contributed by atoms with Crippen LogP contribution in [0.5, 0.6) is 0 Å². The van der Waals surface area contributed by atoms with E-state index in [-0.39, 0.29) is 6.61 Å². The molecule has 0 radical (unpaired) electrons. The lowest BCUT2D eigenvalue weighted by molar-refractivity contribution is -0.129. The van der Waals surface area contributed by atoms with E-state index in [0.29, 0.717) is 22.7 Å². The molecule has 1 aromatic carbocycles. The number of pyridine rings is 1. The third kappa shape index (κ3) is 3.81. The molecule has 0 atom stereocenters. The highest BCUT2D eigenvalue weighted by Gasteiger charge is 2.25. The Balaban J connectivity index is 1.66. The van der Waals surface area contributed by atoms with Crippen LogP contribution in [-0.4, -0.2) is 22.6 Å². The number of rotatable bonds is 7. The predicted molar refractivity (Wildman–Crippen MR) is 111 cm³/mol. The minimum atomic E-state index is -0.726. The second-order valence-corrected chi connectivity index (χ2v) is 7.19. The third-order valence-corrected chi connectivity index (χ3v) is 5.29. The molecule has 7 heteroatoms. The van der Waals surface area contributed by atoms with E-state index < -0.39 is 11.7 Å². The SMILES string of the molecule is O=COCc1csc(NC(=O)C(=O)c2c(-c3ccccc3)cc3ccccn23)c1.